The van der Waals surface area contributed by atoms with Crippen LogP contribution in [0.5, 0.6) is 0 Å². The third kappa shape index (κ3) is 3.65. The maximum atomic E-state index is 11.9. The highest BCUT2D eigenvalue weighted by Crippen LogP contribution is 2.14. The van der Waals surface area contributed by atoms with Gasteiger partial charge in [-0.05, 0) is 12.5 Å². The molecule has 0 aliphatic rings. The number of hydrogen-bond donors (Lipinski definition) is 2. The Kier molecular flexibility index (Phi) is 4.30. The molecule has 0 saturated heterocycles. The zero-order chi connectivity index (χ0) is 13.7. The molecule has 0 aliphatic carbocycles. The number of nitrogens with two attached hydrogens (primary N) is 1. The van der Waals surface area contributed by atoms with E-state index >= 15 is 0 Å². The van der Waals surface area contributed by atoms with E-state index in [9.17, 15) is 4.79 Å². The Morgan fingerprint density at radius 2 is 2.37 bits per heavy atom. The van der Waals surface area contributed by atoms with Crippen LogP contribution < -0.4 is 11.1 Å². The lowest BCUT2D eigenvalue weighted by Crippen LogP contribution is -2.26. The van der Waals surface area contributed by atoms with Crippen LogP contribution in [0, 0.1) is 0 Å². The van der Waals surface area contributed by atoms with Crippen LogP contribution in [0.15, 0.2) is 24.7 Å². The quantitative estimate of drug-likeness (QED) is 0.621. The summed E-state index contributed by atoms with van der Waals surface area (Å²) >= 11 is 5.72. The zero-order valence-corrected chi connectivity index (χ0v) is 10.8. The third-order valence-corrected chi connectivity index (χ3v) is 2.67. The molecule has 2 rings (SSSR count). The molecule has 0 radical (unpaired) electrons. The van der Waals surface area contributed by atoms with Gasteiger partial charge in [0, 0.05) is 19.3 Å². The van der Waals surface area contributed by atoms with Gasteiger partial charge in [0.25, 0.3) is 5.91 Å². The van der Waals surface area contributed by atoms with E-state index in [2.05, 4.69) is 20.6 Å². The van der Waals surface area contributed by atoms with Crippen molar-refractivity contribution in [2.24, 2.45) is 0 Å². The first kappa shape index (κ1) is 13.3. The smallest absolute Gasteiger partial charge is 0.253 e. The number of nitrogen functional groups attached to an aromatic ring is 1. The summed E-state index contributed by atoms with van der Waals surface area (Å²) in [6, 6.07) is 1.45. The van der Waals surface area contributed by atoms with Crippen LogP contribution in [0.4, 0.5) is 5.69 Å². The number of nitrogens with zero attached hydrogens (tertiary/aromatic N) is 4. The number of halogens is 1. The fourth-order valence-electron chi connectivity index (χ4n) is 1.53. The van der Waals surface area contributed by atoms with Crippen LogP contribution in [0.2, 0.25) is 5.15 Å². The number of aromatic nitrogens is 4. The van der Waals surface area contributed by atoms with Crippen LogP contribution in [-0.2, 0) is 6.54 Å². The molecule has 0 spiro atoms. The van der Waals surface area contributed by atoms with Crippen molar-refractivity contribution in [3.63, 3.8) is 0 Å². The van der Waals surface area contributed by atoms with E-state index in [1.807, 2.05) is 0 Å². The number of rotatable bonds is 5. The predicted octanol–water partition coefficient (Wildman–Crippen LogP) is 0.729. The molecule has 8 heteroatoms. The summed E-state index contributed by atoms with van der Waals surface area (Å²) in [5, 5.41) is 10.5. The number of anilines is 1. The molecular formula is C11H13ClN6O. The second kappa shape index (κ2) is 6.14. The number of amides is 1. The highest BCUT2D eigenvalue weighted by Gasteiger charge is 2.10. The summed E-state index contributed by atoms with van der Waals surface area (Å²) < 4.78 is 1.70. The lowest BCUT2D eigenvalue weighted by atomic mass is 10.2. The first-order valence-electron chi connectivity index (χ1n) is 5.70. The predicted molar refractivity (Wildman–Crippen MR) is 70.6 cm³/mol. The minimum absolute atomic E-state index is 0.238. The second-order valence-electron chi connectivity index (χ2n) is 3.87. The first-order valence-corrected chi connectivity index (χ1v) is 6.08. The number of carbonyl (C=O) groups is 1. The fraction of sp³-hybridized carbons (Fsp3) is 0.273. The summed E-state index contributed by atoms with van der Waals surface area (Å²) in [5.41, 5.74) is 6.31. The molecule has 3 N–H and O–H groups in total. The number of carbonyl (C=O) groups excluding carboxylic acids is 1. The Hall–Kier alpha value is -2.15. The Morgan fingerprint density at radius 1 is 1.53 bits per heavy atom. The van der Waals surface area contributed by atoms with Crippen molar-refractivity contribution >= 4 is 23.2 Å². The molecular weight excluding hydrogens is 268 g/mol. The summed E-state index contributed by atoms with van der Waals surface area (Å²) in [5.74, 6) is -0.264. The summed E-state index contributed by atoms with van der Waals surface area (Å²) in [7, 11) is 0. The second-order valence-corrected chi connectivity index (χ2v) is 4.26. The average Bonchev–Trinajstić information content (AvgIpc) is 2.90. The molecule has 0 unspecified atom stereocenters. The molecule has 100 valence electrons. The molecule has 0 aromatic carbocycles. The summed E-state index contributed by atoms with van der Waals surface area (Å²) in [6.45, 7) is 1.20. The largest absolute Gasteiger partial charge is 0.397 e. The van der Waals surface area contributed by atoms with Crippen molar-refractivity contribution < 1.29 is 4.79 Å². The zero-order valence-electron chi connectivity index (χ0n) is 10.1. The van der Waals surface area contributed by atoms with Gasteiger partial charge in [-0.15, -0.1) is 5.10 Å². The Balaban J connectivity index is 1.82. The van der Waals surface area contributed by atoms with E-state index in [0.29, 0.717) is 24.3 Å². The number of nitrogens with one attached hydrogen (secondary N) is 1. The van der Waals surface area contributed by atoms with Crippen LogP contribution in [0.25, 0.3) is 0 Å². The van der Waals surface area contributed by atoms with Crippen molar-refractivity contribution in [1.82, 2.24) is 25.3 Å². The van der Waals surface area contributed by atoms with E-state index in [-0.39, 0.29) is 11.1 Å². The van der Waals surface area contributed by atoms with Crippen molar-refractivity contribution in [3.8, 4) is 0 Å². The molecule has 19 heavy (non-hydrogen) atoms. The van der Waals surface area contributed by atoms with Gasteiger partial charge in [-0.2, -0.15) is 0 Å². The van der Waals surface area contributed by atoms with Crippen molar-refractivity contribution in [3.05, 3.63) is 35.4 Å². The molecule has 0 saturated carbocycles. The molecule has 1 amide bonds. The average molecular weight is 281 g/mol. The maximum absolute atomic E-state index is 11.9. The van der Waals surface area contributed by atoms with Gasteiger partial charge < -0.3 is 11.1 Å². The minimum atomic E-state index is -0.264. The molecule has 2 aromatic heterocycles. The van der Waals surface area contributed by atoms with Gasteiger partial charge >= 0.3 is 0 Å². The molecule has 2 heterocycles. The van der Waals surface area contributed by atoms with E-state index in [4.69, 9.17) is 17.3 Å². The monoisotopic (exact) mass is 280 g/mol. The molecule has 0 aliphatic heterocycles. The van der Waals surface area contributed by atoms with Crippen LogP contribution in [-0.4, -0.2) is 32.4 Å². The standard InChI is InChI=1S/C11H13ClN6O/c12-10-6-8(9(13)7-15-10)11(19)14-2-1-4-18-5-3-16-17-18/h3,5-7H,1-2,4,13H2,(H,14,19). The van der Waals surface area contributed by atoms with Gasteiger partial charge in [0.15, 0.2) is 0 Å². The molecule has 0 atom stereocenters. The highest BCUT2D eigenvalue weighted by molar-refractivity contribution is 6.29. The number of pyridine rings is 1. The Labute approximate surface area is 114 Å². The van der Waals surface area contributed by atoms with Crippen LogP contribution in [0.3, 0.4) is 0 Å². The highest BCUT2D eigenvalue weighted by atomic mass is 35.5. The normalized spacial score (nSPS) is 10.4. The summed E-state index contributed by atoms with van der Waals surface area (Å²) in [6.07, 6.45) is 5.49. The lowest BCUT2D eigenvalue weighted by molar-refractivity contribution is 0.0953. The Morgan fingerprint density at radius 3 is 3.11 bits per heavy atom. The van der Waals surface area contributed by atoms with E-state index in [1.165, 1.54) is 12.3 Å². The van der Waals surface area contributed by atoms with Gasteiger partial charge in [0.2, 0.25) is 0 Å². The SMILES string of the molecule is Nc1cnc(Cl)cc1C(=O)NCCCn1ccnn1. The minimum Gasteiger partial charge on any atom is -0.397 e. The number of hydrogen-bond acceptors (Lipinski definition) is 5. The van der Waals surface area contributed by atoms with Gasteiger partial charge in [-0.1, -0.05) is 16.8 Å². The van der Waals surface area contributed by atoms with Crippen molar-refractivity contribution in [2.45, 2.75) is 13.0 Å². The van der Waals surface area contributed by atoms with Crippen LogP contribution >= 0.6 is 11.6 Å². The lowest BCUT2D eigenvalue weighted by Gasteiger charge is -2.07. The fourth-order valence-corrected chi connectivity index (χ4v) is 1.69. The van der Waals surface area contributed by atoms with Gasteiger partial charge in [0.1, 0.15) is 5.15 Å². The van der Waals surface area contributed by atoms with Gasteiger partial charge in [-0.3, -0.25) is 9.48 Å². The maximum Gasteiger partial charge on any atom is 0.253 e. The van der Waals surface area contributed by atoms with Crippen molar-refractivity contribution in [2.75, 3.05) is 12.3 Å². The topological polar surface area (TPSA) is 98.7 Å². The molecule has 0 bridgehead atoms. The van der Waals surface area contributed by atoms with E-state index in [0.717, 1.165) is 6.42 Å². The van der Waals surface area contributed by atoms with Crippen LogP contribution in [0.1, 0.15) is 16.8 Å². The third-order valence-electron chi connectivity index (χ3n) is 2.47. The van der Waals surface area contributed by atoms with E-state index < -0.39 is 0 Å². The first-order chi connectivity index (χ1) is 9.16. The molecule has 7 nitrogen and oxygen atoms in total. The van der Waals surface area contributed by atoms with E-state index in [1.54, 1.807) is 17.1 Å². The molecule has 0 fully saturated rings. The number of aryl methyl sites for hydroxylation is 1. The summed E-state index contributed by atoms with van der Waals surface area (Å²) in [4.78, 5) is 15.7. The molecule has 2 aromatic rings. The Bertz CT molecular complexity index is 556. The van der Waals surface area contributed by atoms with Crippen molar-refractivity contribution in [1.29, 1.82) is 0 Å². The van der Waals surface area contributed by atoms with Gasteiger partial charge in [0.05, 0.1) is 23.6 Å². The van der Waals surface area contributed by atoms with Gasteiger partial charge in [-0.25, -0.2) is 4.98 Å².